The smallest absolute Gasteiger partial charge is 0.260 e. The summed E-state index contributed by atoms with van der Waals surface area (Å²) in [5.41, 5.74) is 13.1. The van der Waals surface area contributed by atoms with Crippen molar-refractivity contribution in [2.75, 3.05) is 23.7 Å². The lowest BCUT2D eigenvalue weighted by Gasteiger charge is -2.39. The fourth-order valence-electron chi connectivity index (χ4n) is 3.63. The number of rotatable bonds is 3. The number of benzene rings is 1. The highest BCUT2D eigenvalue weighted by Crippen LogP contribution is 2.41. The van der Waals surface area contributed by atoms with Gasteiger partial charge in [-0.3, -0.25) is 4.79 Å². The van der Waals surface area contributed by atoms with Gasteiger partial charge in [-0.1, -0.05) is 30.3 Å². The van der Waals surface area contributed by atoms with Crippen LogP contribution in [0, 0.1) is 0 Å². The van der Waals surface area contributed by atoms with Gasteiger partial charge >= 0.3 is 0 Å². The number of carbonyl (C=O) groups excluding carboxylic acids is 1. The molecule has 3 aromatic rings. The van der Waals surface area contributed by atoms with Crippen molar-refractivity contribution in [1.82, 2.24) is 4.98 Å². The average molecular weight is 368 g/mol. The zero-order chi connectivity index (χ0) is 18.3. The van der Waals surface area contributed by atoms with Gasteiger partial charge in [0.05, 0.1) is 22.4 Å². The van der Waals surface area contributed by atoms with Crippen LogP contribution in [0.25, 0.3) is 10.2 Å². The van der Waals surface area contributed by atoms with Crippen molar-refractivity contribution in [2.24, 2.45) is 5.73 Å². The molecular formula is C19H20N4O2S. The van der Waals surface area contributed by atoms with Crippen molar-refractivity contribution in [3.8, 4) is 0 Å². The number of aromatic nitrogens is 1. The van der Waals surface area contributed by atoms with E-state index in [1.54, 1.807) is 6.20 Å². The molecule has 26 heavy (non-hydrogen) atoms. The van der Waals surface area contributed by atoms with Crippen molar-refractivity contribution in [3.63, 3.8) is 0 Å². The molecule has 0 spiro atoms. The number of hydrogen-bond acceptors (Lipinski definition) is 6. The Bertz CT molecular complexity index is 962. The monoisotopic (exact) mass is 368 g/mol. The predicted octanol–water partition coefficient (Wildman–Crippen LogP) is 2.47. The van der Waals surface area contributed by atoms with Gasteiger partial charge in [0.25, 0.3) is 5.91 Å². The zero-order valence-corrected chi connectivity index (χ0v) is 15.0. The number of aliphatic hydroxyl groups is 1. The number of carbonyl (C=O) groups is 1. The second kappa shape index (κ2) is 6.26. The topological polar surface area (TPSA) is 105 Å². The van der Waals surface area contributed by atoms with Crippen LogP contribution >= 0.6 is 11.3 Å². The fourth-order valence-corrected chi connectivity index (χ4v) is 4.57. The Balaban J connectivity index is 1.65. The molecule has 0 unspecified atom stereocenters. The van der Waals surface area contributed by atoms with E-state index in [9.17, 15) is 9.90 Å². The van der Waals surface area contributed by atoms with Gasteiger partial charge in [-0.05, 0) is 24.5 Å². The minimum absolute atomic E-state index is 0.345. The Morgan fingerprint density at radius 2 is 1.88 bits per heavy atom. The largest absolute Gasteiger partial charge is 0.397 e. The molecule has 0 bridgehead atoms. The molecule has 1 aliphatic heterocycles. The van der Waals surface area contributed by atoms with Crippen molar-refractivity contribution in [1.29, 1.82) is 0 Å². The Morgan fingerprint density at radius 3 is 2.54 bits per heavy atom. The number of amides is 1. The molecule has 0 atom stereocenters. The molecular weight excluding hydrogens is 348 g/mol. The summed E-state index contributed by atoms with van der Waals surface area (Å²) in [4.78, 5) is 19.2. The summed E-state index contributed by atoms with van der Waals surface area (Å²) in [6.07, 6.45) is 2.96. The van der Waals surface area contributed by atoms with Gasteiger partial charge in [-0.15, -0.1) is 11.3 Å². The van der Waals surface area contributed by atoms with E-state index in [-0.39, 0.29) is 0 Å². The number of pyridine rings is 1. The van der Waals surface area contributed by atoms with E-state index in [2.05, 4.69) is 9.88 Å². The maximum atomic E-state index is 11.6. The van der Waals surface area contributed by atoms with E-state index in [0.29, 0.717) is 41.3 Å². The van der Waals surface area contributed by atoms with Gasteiger partial charge in [0.15, 0.2) is 0 Å². The minimum atomic E-state index is -0.817. The van der Waals surface area contributed by atoms with Crippen LogP contribution in [-0.2, 0) is 5.60 Å². The van der Waals surface area contributed by atoms with Crippen molar-refractivity contribution >= 4 is 38.8 Å². The highest BCUT2D eigenvalue weighted by Gasteiger charge is 2.34. The summed E-state index contributed by atoms with van der Waals surface area (Å²) < 4.78 is 0. The third-order valence-electron chi connectivity index (χ3n) is 5.07. The Kier molecular flexibility index (Phi) is 4.05. The predicted molar refractivity (Wildman–Crippen MR) is 104 cm³/mol. The summed E-state index contributed by atoms with van der Waals surface area (Å²) in [5.74, 6) is -0.534. The van der Waals surface area contributed by atoms with E-state index in [1.807, 2.05) is 36.4 Å². The van der Waals surface area contributed by atoms with Crippen LogP contribution in [-0.4, -0.2) is 29.1 Å². The first-order valence-electron chi connectivity index (χ1n) is 8.49. The molecule has 134 valence electrons. The molecule has 1 saturated heterocycles. The highest BCUT2D eigenvalue weighted by molar-refractivity contribution is 7.21. The summed E-state index contributed by atoms with van der Waals surface area (Å²) >= 11 is 1.22. The molecule has 4 rings (SSSR count). The lowest BCUT2D eigenvalue weighted by Crippen LogP contribution is -2.42. The summed E-state index contributed by atoms with van der Waals surface area (Å²) in [6, 6.07) is 11.7. The van der Waals surface area contributed by atoms with Crippen molar-refractivity contribution in [3.05, 3.63) is 53.0 Å². The first-order chi connectivity index (χ1) is 12.5. The van der Waals surface area contributed by atoms with E-state index >= 15 is 0 Å². The Morgan fingerprint density at radius 1 is 1.19 bits per heavy atom. The fraction of sp³-hybridized carbons (Fsp3) is 0.263. The van der Waals surface area contributed by atoms with E-state index in [4.69, 9.17) is 11.5 Å². The van der Waals surface area contributed by atoms with Gasteiger partial charge in [0, 0.05) is 19.3 Å². The van der Waals surface area contributed by atoms with E-state index in [1.165, 1.54) is 11.3 Å². The second-order valence-corrected chi connectivity index (χ2v) is 7.60. The van der Waals surface area contributed by atoms with Gasteiger partial charge in [-0.25, -0.2) is 4.98 Å². The maximum absolute atomic E-state index is 11.6. The third kappa shape index (κ3) is 2.69. The quantitative estimate of drug-likeness (QED) is 0.658. The van der Waals surface area contributed by atoms with Gasteiger partial charge < -0.3 is 21.5 Å². The standard InChI is InChI=1S/C19H20N4O2S/c20-15-14-13(6-9-22-18(14)26-16(15)17(21)24)23-10-7-19(25,8-11-23)12-4-2-1-3-5-12/h1-6,9,25H,7-8,10-11,20H2,(H2,21,24). The van der Waals surface area contributed by atoms with Crippen LogP contribution in [0.2, 0.25) is 0 Å². The second-order valence-electron chi connectivity index (χ2n) is 6.60. The van der Waals surface area contributed by atoms with Crippen molar-refractivity contribution in [2.45, 2.75) is 18.4 Å². The molecule has 2 aromatic heterocycles. The minimum Gasteiger partial charge on any atom is -0.397 e. The highest BCUT2D eigenvalue weighted by atomic mass is 32.1. The summed E-state index contributed by atoms with van der Waals surface area (Å²) in [6.45, 7) is 1.37. The van der Waals surface area contributed by atoms with Crippen LogP contribution in [0.1, 0.15) is 28.1 Å². The molecule has 6 nitrogen and oxygen atoms in total. The number of hydrogen-bond donors (Lipinski definition) is 3. The normalized spacial score (nSPS) is 16.7. The number of anilines is 2. The Labute approximate surface area is 155 Å². The number of nitrogens with two attached hydrogens (primary N) is 2. The lowest BCUT2D eigenvalue weighted by atomic mass is 9.84. The van der Waals surface area contributed by atoms with Crippen molar-refractivity contribution < 1.29 is 9.90 Å². The van der Waals surface area contributed by atoms with Crippen LogP contribution in [0.5, 0.6) is 0 Å². The summed E-state index contributed by atoms with van der Waals surface area (Å²) in [7, 11) is 0. The van der Waals surface area contributed by atoms with Gasteiger partial charge in [0.1, 0.15) is 9.71 Å². The maximum Gasteiger partial charge on any atom is 0.260 e. The van der Waals surface area contributed by atoms with Gasteiger partial charge in [-0.2, -0.15) is 0 Å². The van der Waals surface area contributed by atoms with Crippen LogP contribution in [0.3, 0.4) is 0 Å². The van der Waals surface area contributed by atoms with Crippen LogP contribution in [0.15, 0.2) is 42.6 Å². The number of nitrogens with zero attached hydrogens (tertiary/aromatic N) is 2. The first kappa shape index (κ1) is 16.8. The molecule has 3 heterocycles. The molecule has 1 aliphatic rings. The van der Waals surface area contributed by atoms with Gasteiger partial charge in [0.2, 0.25) is 0 Å². The number of piperidine rings is 1. The molecule has 0 aliphatic carbocycles. The molecule has 1 fully saturated rings. The number of thiophene rings is 1. The third-order valence-corrected chi connectivity index (χ3v) is 6.20. The molecule has 0 radical (unpaired) electrons. The number of primary amides is 1. The van der Waals surface area contributed by atoms with Crippen LogP contribution in [0.4, 0.5) is 11.4 Å². The lowest BCUT2D eigenvalue weighted by molar-refractivity contribution is 0.0118. The molecule has 5 N–H and O–H groups in total. The van der Waals surface area contributed by atoms with Crippen LogP contribution < -0.4 is 16.4 Å². The molecule has 1 amide bonds. The number of nitrogen functional groups attached to an aromatic ring is 1. The summed E-state index contributed by atoms with van der Waals surface area (Å²) in [5, 5.41) is 11.8. The molecule has 1 aromatic carbocycles. The van der Waals surface area contributed by atoms with E-state index in [0.717, 1.165) is 16.6 Å². The SMILES string of the molecule is NC(=O)c1sc2nccc(N3CCC(O)(c4ccccc4)CC3)c2c1N. The molecule has 7 heteroatoms. The number of fused-ring (bicyclic) bond motifs is 1. The Hall–Kier alpha value is -2.64. The molecule has 0 saturated carbocycles. The zero-order valence-electron chi connectivity index (χ0n) is 14.2. The first-order valence-corrected chi connectivity index (χ1v) is 9.31. The van der Waals surface area contributed by atoms with E-state index < -0.39 is 11.5 Å². The average Bonchev–Trinajstić information content (AvgIpc) is 3.00.